The van der Waals surface area contributed by atoms with Gasteiger partial charge in [0.1, 0.15) is 5.76 Å². The molecule has 0 aliphatic heterocycles. The molecular formula is C22H24N2O4S. The summed E-state index contributed by atoms with van der Waals surface area (Å²) in [4.78, 5) is 12.6. The molecule has 0 saturated heterocycles. The molecule has 1 aromatic heterocycles. The molecule has 29 heavy (non-hydrogen) atoms. The van der Waals surface area contributed by atoms with Crippen molar-refractivity contribution in [2.45, 2.75) is 30.7 Å². The van der Waals surface area contributed by atoms with Gasteiger partial charge in [0.15, 0.2) is 0 Å². The summed E-state index contributed by atoms with van der Waals surface area (Å²) in [5.41, 5.74) is 2.08. The van der Waals surface area contributed by atoms with E-state index < -0.39 is 16.1 Å². The van der Waals surface area contributed by atoms with Crippen molar-refractivity contribution in [2.75, 3.05) is 6.54 Å². The van der Waals surface area contributed by atoms with Crippen molar-refractivity contribution in [3.8, 4) is 0 Å². The number of aryl methyl sites for hydroxylation is 1. The molecule has 0 radical (unpaired) electrons. The minimum absolute atomic E-state index is 0.0621. The first-order valence-electron chi connectivity index (χ1n) is 9.37. The highest BCUT2D eigenvalue weighted by Gasteiger charge is 2.25. The lowest BCUT2D eigenvalue weighted by Gasteiger charge is -2.17. The number of nitrogens with one attached hydrogen (secondary N) is 2. The number of carbonyl (C=O) groups is 1. The summed E-state index contributed by atoms with van der Waals surface area (Å²) >= 11 is 0. The first-order valence-corrected chi connectivity index (χ1v) is 10.9. The quantitative estimate of drug-likeness (QED) is 0.564. The molecule has 152 valence electrons. The standard InChI is InChI=1S/C22H24N2O4S/c1-17-9-11-19(12-10-17)29(26,27)24-20(21-8-5-15-28-21)16-22(25)23-14-13-18-6-3-2-4-7-18/h2-12,15,20,24H,13-14,16H2,1H3,(H,23,25)/t20-/m0/s1. The fraction of sp³-hybridized carbons (Fsp3) is 0.227. The Kier molecular flexibility index (Phi) is 6.85. The van der Waals surface area contributed by atoms with Gasteiger partial charge in [-0.25, -0.2) is 8.42 Å². The molecular weight excluding hydrogens is 388 g/mol. The van der Waals surface area contributed by atoms with Crippen LogP contribution in [0, 0.1) is 6.92 Å². The zero-order chi connectivity index (χ0) is 20.7. The smallest absolute Gasteiger partial charge is 0.241 e. The predicted octanol–water partition coefficient (Wildman–Crippen LogP) is 3.36. The number of sulfonamides is 1. The maximum Gasteiger partial charge on any atom is 0.241 e. The molecule has 0 bridgehead atoms. The minimum atomic E-state index is -3.80. The predicted molar refractivity (Wildman–Crippen MR) is 111 cm³/mol. The van der Waals surface area contributed by atoms with Gasteiger partial charge in [0, 0.05) is 6.54 Å². The first kappa shape index (κ1) is 20.8. The molecule has 1 amide bonds. The van der Waals surface area contributed by atoms with E-state index in [0.29, 0.717) is 18.7 Å². The van der Waals surface area contributed by atoms with Crippen LogP contribution in [-0.2, 0) is 21.2 Å². The van der Waals surface area contributed by atoms with Gasteiger partial charge in [-0.1, -0.05) is 48.0 Å². The monoisotopic (exact) mass is 412 g/mol. The highest BCUT2D eigenvalue weighted by atomic mass is 32.2. The van der Waals surface area contributed by atoms with E-state index in [1.807, 2.05) is 37.3 Å². The van der Waals surface area contributed by atoms with Crippen LogP contribution in [0.3, 0.4) is 0 Å². The Morgan fingerprint density at radius 2 is 1.72 bits per heavy atom. The van der Waals surface area contributed by atoms with Gasteiger partial charge >= 0.3 is 0 Å². The number of carbonyl (C=O) groups excluding carboxylic acids is 1. The fourth-order valence-electron chi connectivity index (χ4n) is 2.91. The van der Waals surface area contributed by atoms with Crippen LogP contribution < -0.4 is 10.0 Å². The SMILES string of the molecule is Cc1ccc(S(=O)(=O)N[C@@H](CC(=O)NCCc2ccccc2)c2ccco2)cc1. The van der Waals surface area contributed by atoms with E-state index in [4.69, 9.17) is 4.42 Å². The molecule has 1 atom stereocenters. The zero-order valence-electron chi connectivity index (χ0n) is 16.2. The Hall–Kier alpha value is -2.90. The van der Waals surface area contributed by atoms with Gasteiger partial charge < -0.3 is 9.73 Å². The fourth-order valence-corrected chi connectivity index (χ4v) is 4.12. The lowest BCUT2D eigenvalue weighted by atomic mass is 10.1. The summed E-state index contributed by atoms with van der Waals surface area (Å²) in [5.74, 6) is 0.132. The normalized spacial score (nSPS) is 12.4. The van der Waals surface area contributed by atoms with Crippen molar-refractivity contribution >= 4 is 15.9 Å². The number of benzene rings is 2. The average Bonchev–Trinajstić information content (AvgIpc) is 3.23. The van der Waals surface area contributed by atoms with Crippen molar-refractivity contribution < 1.29 is 17.6 Å². The molecule has 0 aliphatic rings. The molecule has 6 nitrogen and oxygen atoms in total. The second-order valence-electron chi connectivity index (χ2n) is 6.79. The van der Waals surface area contributed by atoms with Crippen molar-refractivity contribution in [3.05, 3.63) is 89.9 Å². The van der Waals surface area contributed by atoms with Crippen LogP contribution in [-0.4, -0.2) is 20.9 Å². The van der Waals surface area contributed by atoms with Gasteiger partial charge in [-0.05, 0) is 43.2 Å². The van der Waals surface area contributed by atoms with E-state index in [-0.39, 0.29) is 17.2 Å². The average molecular weight is 413 g/mol. The Labute approximate surface area is 171 Å². The minimum Gasteiger partial charge on any atom is -0.468 e. The number of hydrogen-bond donors (Lipinski definition) is 2. The summed E-state index contributed by atoms with van der Waals surface area (Å²) in [6, 6.07) is 18.9. The van der Waals surface area contributed by atoms with Gasteiger partial charge in [0.05, 0.1) is 23.6 Å². The Morgan fingerprint density at radius 3 is 2.38 bits per heavy atom. The third-order valence-electron chi connectivity index (χ3n) is 4.48. The summed E-state index contributed by atoms with van der Waals surface area (Å²) in [7, 11) is -3.80. The number of hydrogen-bond acceptors (Lipinski definition) is 4. The van der Waals surface area contributed by atoms with E-state index in [2.05, 4.69) is 10.0 Å². The highest BCUT2D eigenvalue weighted by molar-refractivity contribution is 7.89. The second kappa shape index (κ2) is 9.54. The molecule has 0 fully saturated rings. The van der Waals surface area contributed by atoms with Gasteiger partial charge in [-0.15, -0.1) is 0 Å². The van der Waals surface area contributed by atoms with E-state index in [1.54, 1.807) is 24.3 Å². The van der Waals surface area contributed by atoms with Crippen LogP contribution in [0.15, 0.2) is 82.3 Å². The summed E-state index contributed by atoms with van der Waals surface area (Å²) in [6.45, 7) is 2.35. The van der Waals surface area contributed by atoms with E-state index in [1.165, 1.54) is 18.4 Å². The molecule has 0 spiro atoms. The van der Waals surface area contributed by atoms with Crippen molar-refractivity contribution in [1.82, 2.24) is 10.0 Å². The Bertz CT molecular complexity index is 1010. The summed E-state index contributed by atoms with van der Waals surface area (Å²) in [6.07, 6.45) is 2.09. The Balaban J connectivity index is 1.64. The molecule has 7 heteroatoms. The largest absolute Gasteiger partial charge is 0.468 e. The molecule has 0 aliphatic carbocycles. The van der Waals surface area contributed by atoms with Crippen LogP contribution in [0.2, 0.25) is 0 Å². The van der Waals surface area contributed by atoms with Crippen LogP contribution in [0.4, 0.5) is 0 Å². The maximum atomic E-state index is 12.7. The lowest BCUT2D eigenvalue weighted by molar-refractivity contribution is -0.121. The number of rotatable bonds is 9. The highest BCUT2D eigenvalue weighted by Crippen LogP contribution is 2.21. The molecule has 2 N–H and O–H groups in total. The van der Waals surface area contributed by atoms with Crippen molar-refractivity contribution in [3.63, 3.8) is 0 Å². The third kappa shape index (κ3) is 6.04. The van der Waals surface area contributed by atoms with Gasteiger partial charge in [0.25, 0.3) is 0 Å². The molecule has 2 aromatic carbocycles. The van der Waals surface area contributed by atoms with Crippen molar-refractivity contribution in [1.29, 1.82) is 0 Å². The maximum absolute atomic E-state index is 12.7. The molecule has 3 aromatic rings. The number of amides is 1. The molecule has 0 unspecified atom stereocenters. The van der Waals surface area contributed by atoms with E-state index >= 15 is 0 Å². The topological polar surface area (TPSA) is 88.4 Å². The Morgan fingerprint density at radius 1 is 1.00 bits per heavy atom. The first-order chi connectivity index (χ1) is 13.9. The molecule has 1 heterocycles. The number of furan rings is 1. The summed E-state index contributed by atoms with van der Waals surface area (Å²) < 4.78 is 33.4. The second-order valence-corrected chi connectivity index (χ2v) is 8.51. The van der Waals surface area contributed by atoms with Crippen molar-refractivity contribution in [2.24, 2.45) is 0 Å². The molecule has 0 saturated carbocycles. The lowest BCUT2D eigenvalue weighted by Crippen LogP contribution is -2.34. The van der Waals surface area contributed by atoms with Crippen LogP contribution in [0.1, 0.15) is 29.3 Å². The van der Waals surface area contributed by atoms with E-state index in [9.17, 15) is 13.2 Å². The van der Waals surface area contributed by atoms with Gasteiger partial charge in [-0.2, -0.15) is 4.72 Å². The van der Waals surface area contributed by atoms with Crippen LogP contribution in [0.25, 0.3) is 0 Å². The van der Waals surface area contributed by atoms with E-state index in [0.717, 1.165) is 11.1 Å². The van der Waals surface area contributed by atoms with Crippen LogP contribution in [0.5, 0.6) is 0 Å². The molecule has 3 rings (SSSR count). The third-order valence-corrected chi connectivity index (χ3v) is 5.97. The van der Waals surface area contributed by atoms with Gasteiger partial charge in [0.2, 0.25) is 15.9 Å². The zero-order valence-corrected chi connectivity index (χ0v) is 17.0. The summed E-state index contributed by atoms with van der Waals surface area (Å²) in [5, 5.41) is 2.84. The van der Waals surface area contributed by atoms with Crippen LogP contribution >= 0.6 is 0 Å². The van der Waals surface area contributed by atoms with Gasteiger partial charge in [-0.3, -0.25) is 4.79 Å².